The fourth-order valence-corrected chi connectivity index (χ4v) is 1.04. The van der Waals surface area contributed by atoms with Gasteiger partial charge in [0.1, 0.15) is 5.75 Å². The predicted octanol–water partition coefficient (Wildman–Crippen LogP) is 2.00. The number of rotatable bonds is 3. The van der Waals surface area contributed by atoms with E-state index in [1.807, 2.05) is 30.3 Å². The van der Waals surface area contributed by atoms with E-state index in [9.17, 15) is 4.79 Å². The molecule has 1 aromatic carbocycles. The van der Waals surface area contributed by atoms with Gasteiger partial charge >= 0.3 is 0 Å². The van der Waals surface area contributed by atoms with Crippen LogP contribution in [0.15, 0.2) is 29.3 Å². The topological polar surface area (TPSA) is 38.7 Å². The Kier molecular flexibility index (Phi) is 3.98. The maximum atomic E-state index is 10.9. The van der Waals surface area contributed by atoms with Gasteiger partial charge in [-0.3, -0.25) is 4.79 Å². The van der Waals surface area contributed by atoms with E-state index in [0.29, 0.717) is 5.75 Å². The summed E-state index contributed by atoms with van der Waals surface area (Å²) in [5.74, 6) is 0.222. The number of amides is 1. The molecule has 0 atom stereocenters. The van der Waals surface area contributed by atoms with Crippen LogP contribution >= 0.6 is 12.2 Å². The molecule has 0 bridgehead atoms. The largest absolute Gasteiger partial charge is 0.484 e. The molecular formula is C10H9NO2S. The summed E-state index contributed by atoms with van der Waals surface area (Å²) in [5.41, 5.74) is 1.08. The maximum absolute atomic E-state index is 10.9. The van der Waals surface area contributed by atoms with Gasteiger partial charge in [-0.2, -0.15) is 4.99 Å². The molecular weight excluding hydrogens is 198 g/mol. The van der Waals surface area contributed by atoms with Crippen LogP contribution in [0.2, 0.25) is 0 Å². The van der Waals surface area contributed by atoms with E-state index in [1.54, 1.807) is 6.07 Å². The molecule has 0 saturated carbocycles. The summed E-state index contributed by atoms with van der Waals surface area (Å²) < 4.78 is 5.17. The van der Waals surface area contributed by atoms with Gasteiger partial charge < -0.3 is 4.74 Å². The molecule has 0 saturated heterocycles. The minimum atomic E-state index is -0.429. The van der Waals surface area contributed by atoms with Crippen molar-refractivity contribution in [1.29, 1.82) is 0 Å². The standard InChI is InChI=1S/C10H9NO2S/c1-8-3-2-4-9(5-8)13-6-10(12)11-7-14/h2-5H,6H2,1H3. The number of thiocarbonyl (C=S) groups is 1. The first-order chi connectivity index (χ1) is 6.72. The van der Waals surface area contributed by atoms with Crippen molar-refractivity contribution < 1.29 is 9.53 Å². The number of ether oxygens (including phenoxy) is 1. The quantitative estimate of drug-likeness (QED) is 0.562. The van der Waals surface area contributed by atoms with E-state index in [-0.39, 0.29) is 6.61 Å². The van der Waals surface area contributed by atoms with Gasteiger partial charge in [-0.25, -0.2) is 0 Å². The molecule has 0 fully saturated rings. The Morgan fingerprint density at radius 3 is 3.07 bits per heavy atom. The predicted molar refractivity (Wildman–Crippen MR) is 56.7 cm³/mol. The number of hydrogen-bond acceptors (Lipinski definition) is 3. The summed E-state index contributed by atoms with van der Waals surface area (Å²) in [6, 6.07) is 7.43. The second kappa shape index (κ2) is 5.27. The molecule has 1 aromatic rings. The van der Waals surface area contributed by atoms with E-state index in [2.05, 4.69) is 17.2 Å². The molecule has 14 heavy (non-hydrogen) atoms. The molecule has 0 radical (unpaired) electrons. The first-order valence-electron chi connectivity index (χ1n) is 4.02. The minimum absolute atomic E-state index is 0.104. The van der Waals surface area contributed by atoms with Crippen LogP contribution in [-0.4, -0.2) is 17.7 Å². The number of nitrogens with zero attached hydrogens (tertiary/aromatic N) is 1. The van der Waals surface area contributed by atoms with Crippen LogP contribution in [0.5, 0.6) is 5.75 Å². The van der Waals surface area contributed by atoms with Gasteiger partial charge in [0.05, 0.1) is 5.16 Å². The average Bonchev–Trinajstić information content (AvgIpc) is 2.15. The zero-order chi connectivity index (χ0) is 10.4. The highest BCUT2D eigenvalue weighted by molar-refractivity contribution is 7.78. The molecule has 72 valence electrons. The molecule has 0 aliphatic heterocycles. The third kappa shape index (κ3) is 3.47. The Morgan fingerprint density at radius 1 is 1.64 bits per heavy atom. The van der Waals surface area contributed by atoms with Gasteiger partial charge in [-0.05, 0) is 36.8 Å². The fraction of sp³-hybridized carbons (Fsp3) is 0.200. The van der Waals surface area contributed by atoms with Crippen molar-refractivity contribution in [3.63, 3.8) is 0 Å². The molecule has 0 aliphatic rings. The van der Waals surface area contributed by atoms with Crippen molar-refractivity contribution >= 4 is 23.3 Å². The van der Waals surface area contributed by atoms with Crippen molar-refractivity contribution in [3.05, 3.63) is 29.8 Å². The highest BCUT2D eigenvalue weighted by atomic mass is 32.1. The Hall–Kier alpha value is -1.51. The smallest absolute Gasteiger partial charge is 0.292 e. The van der Waals surface area contributed by atoms with Crippen LogP contribution < -0.4 is 4.74 Å². The van der Waals surface area contributed by atoms with Gasteiger partial charge in [-0.1, -0.05) is 12.1 Å². The molecule has 1 amide bonds. The summed E-state index contributed by atoms with van der Waals surface area (Å²) in [6.45, 7) is 1.84. The SMILES string of the molecule is Cc1cccc(OCC(=O)N=C=S)c1. The normalized spacial score (nSPS) is 8.93. The van der Waals surface area contributed by atoms with E-state index in [4.69, 9.17) is 4.74 Å². The van der Waals surface area contributed by atoms with Gasteiger partial charge in [0.2, 0.25) is 0 Å². The third-order valence-corrected chi connectivity index (χ3v) is 1.61. The summed E-state index contributed by atoms with van der Waals surface area (Å²) in [6.07, 6.45) is 0. The van der Waals surface area contributed by atoms with Crippen molar-refractivity contribution in [3.8, 4) is 5.75 Å². The van der Waals surface area contributed by atoms with Crippen molar-refractivity contribution in [2.24, 2.45) is 4.99 Å². The number of aliphatic imine (C=N–C) groups is 1. The molecule has 0 N–H and O–H groups in total. The van der Waals surface area contributed by atoms with Crippen molar-refractivity contribution in [2.45, 2.75) is 6.92 Å². The Morgan fingerprint density at radius 2 is 2.43 bits per heavy atom. The van der Waals surface area contributed by atoms with Crippen LogP contribution in [0.25, 0.3) is 0 Å². The molecule has 0 heterocycles. The first kappa shape index (κ1) is 10.6. The first-order valence-corrected chi connectivity index (χ1v) is 4.43. The lowest BCUT2D eigenvalue weighted by molar-refractivity contribution is -0.119. The number of hydrogen-bond donors (Lipinski definition) is 0. The Labute approximate surface area is 87.4 Å². The highest BCUT2D eigenvalue weighted by Gasteiger charge is 1.99. The molecule has 0 unspecified atom stereocenters. The number of aryl methyl sites for hydroxylation is 1. The zero-order valence-corrected chi connectivity index (χ0v) is 8.50. The number of carbonyl (C=O) groups excluding carboxylic acids is 1. The van der Waals surface area contributed by atoms with Crippen LogP contribution in [0.3, 0.4) is 0 Å². The molecule has 0 aromatic heterocycles. The molecule has 3 nitrogen and oxygen atoms in total. The van der Waals surface area contributed by atoms with Gasteiger partial charge in [0, 0.05) is 0 Å². The lowest BCUT2D eigenvalue weighted by atomic mass is 10.2. The average molecular weight is 207 g/mol. The third-order valence-electron chi connectivity index (χ3n) is 1.52. The van der Waals surface area contributed by atoms with E-state index in [0.717, 1.165) is 5.56 Å². The van der Waals surface area contributed by atoms with Crippen LogP contribution in [0.1, 0.15) is 5.56 Å². The summed E-state index contributed by atoms with van der Waals surface area (Å²) in [4.78, 5) is 14.1. The lowest BCUT2D eigenvalue weighted by Gasteiger charge is -2.02. The molecule has 1 rings (SSSR count). The van der Waals surface area contributed by atoms with Crippen LogP contribution in [0, 0.1) is 6.92 Å². The van der Waals surface area contributed by atoms with Gasteiger partial charge in [-0.15, -0.1) is 0 Å². The van der Waals surface area contributed by atoms with E-state index < -0.39 is 5.91 Å². The summed E-state index contributed by atoms with van der Waals surface area (Å²) in [7, 11) is 0. The maximum Gasteiger partial charge on any atom is 0.292 e. The van der Waals surface area contributed by atoms with Crippen molar-refractivity contribution in [2.75, 3.05) is 6.61 Å². The monoisotopic (exact) mass is 207 g/mol. The minimum Gasteiger partial charge on any atom is -0.484 e. The number of benzene rings is 1. The zero-order valence-electron chi connectivity index (χ0n) is 7.69. The van der Waals surface area contributed by atoms with Crippen LogP contribution in [-0.2, 0) is 4.79 Å². The number of carbonyl (C=O) groups is 1. The summed E-state index contributed by atoms with van der Waals surface area (Å²) in [5, 5.41) is 1.99. The Bertz CT molecular complexity index is 383. The molecule has 0 aliphatic carbocycles. The van der Waals surface area contributed by atoms with Crippen molar-refractivity contribution in [1.82, 2.24) is 0 Å². The number of isothiocyanates is 1. The fourth-order valence-electron chi connectivity index (χ4n) is 0.933. The van der Waals surface area contributed by atoms with Crippen LogP contribution in [0.4, 0.5) is 0 Å². The molecule has 4 heteroatoms. The van der Waals surface area contributed by atoms with E-state index in [1.165, 1.54) is 0 Å². The Balaban J connectivity index is 2.53. The summed E-state index contributed by atoms with van der Waals surface area (Å²) >= 11 is 4.29. The lowest BCUT2D eigenvalue weighted by Crippen LogP contribution is -2.07. The molecule has 0 spiro atoms. The van der Waals surface area contributed by atoms with E-state index >= 15 is 0 Å². The second-order valence-electron chi connectivity index (χ2n) is 2.70. The van der Waals surface area contributed by atoms with Gasteiger partial charge in [0.15, 0.2) is 6.61 Å². The van der Waals surface area contributed by atoms with Gasteiger partial charge in [0.25, 0.3) is 5.91 Å². The highest BCUT2D eigenvalue weighted by Crippen LogP contribution is 2.11. The second-order valence-corrected chi connectivity index (χ2v) is 2.88.